The minimum absolute atomic E-state index is 0.0149. The number of cyclic esters (lactones) is 1. The van der Waals surface area contributed by atoms with Gasteiger partial charge in [0.1, 0.15) is 11.7 Å². The molecule has 0 radical (unpaired) electrons. The summed E-state index contributed by atoms with van der Waals surface area (Å²) in [6.07, 6.45) is 8.17. The van der Waals surface area contributed by atoms with Crippen LogP contribution in [0.4, 0.5) is 0 Å². The van der Waals surface area contributed by atoms with Crippen LogP contribution in [0.2, 0.25) is 0 Å². The number of allylic oxidation sites excluding steroid dienone is 2. The Labute approximate surface area is 205 Å². The van der Waals surface area contributed by atoms with Crippen LogP contribution in [0.25, 0.3) is 0 Å². The van der Waals surface area contributed by atoms with Gasteiger partial charge in [0.05, 0.1) is 26.1 Å². The van der Waals surface area contributed by atoms with Gasteiger partial charge in [-0.1, -0.05) is 40.3 Å². The van der Waals surface area contributed by atoms with E-state index in [0.717, 1.165) is 24.0 Å². The van der Waals surface area contributed by atoms with Crippen LogP contribution in [0.3, 0.4) is 0 Å². The molecule has 1 aromatic rings. The van der Waals surface area contributed by atoms with E-state index in [0.29, 0.717) is 6.42 Å². The molecule has 5 rings (SSSR count). The van der Waals surface area contributed by atoms with E-state index in [9.17, 15) is 14.4 Å². The molecule has 35 heavy (non-hydrogen) atoms. The highest BCUT2D eigenvalue weighted by Crippen LogP contribution is 2.70. The third-order valence-corrected chi connectivity index (χ3v) is 9.52. The van der Waals surface area contributed by atoms with E-state index in [2.05, 4.69) is 20.4 Å². The molecule has 7 heteroatoms. The summed E-state index contributed by atoms with van der Waals surface area (Å²) in [6, 6.07) is 1.83. The highest BCUT2D eigenvalue weighted by atomic mass is 16.7. The van der Waals surface area contributed by atoms with Crippen molar-refractivity contribution in [3.05, 3.63) is 48.5 Å². The Morgan fingerprint density at radius 3 is 2.60 bits per heavy atom. The molecule has 1 spiro atoms. The number of hydrogen-bond donors (Lipinski definition) is 0. The Bertz CT molecular complexity index is 1110. The first-order valence-corrected chi connectivity index (χ1v) is 12.3. The average Bonchev–Trinajstić information content (AvgIpc) is 3.37. The lowest BCUT2D eigenvalue weighted by molar-refractivity contribution is -0.168. The molecule has 0 amide bonds. The first kappa shape index (κ1) is 24.0. The maximum absolute atomic E-state index is 12.8. The van der Waals surface area contributed by atoms with Crippen LogP contribution in [-0.4, -0.2) is 36.5 Å². The summed E-state index contributed by atoms with van der Waals surface area (Å²) < 4.78 is 22.3. The smallest absolute Gasteiger partial charge is 0.339 e. The Morgan fingerprint density at radius 2 is 1.94 bits per heavy atom. The number of carbonyl (C=O) groups is 3. The van der Waals surface area contributed by atoms with E-state index in [1.165, 1.54) is 7.11 Å². The Balaban J connectivity index is 1.47. The van der Waals surface area contributed by atoms with E-state index >= 15 is 0 Å². The molecule has 7 atom stereocenters. The monoisotopic (exact) mass is 482 g/mol. The van der Waals surface area contributed by atoms with E-state index in [1.807, 2.05) is 26.0 Å². The molecule has 0 bridgehead atoms. The molecule has 188 valence electrons. The first-order chi connectivity index (χ1) is 16.4. The van der Waals surface area contributed by atoms with Gasteiger partial charge in [-0.3, -0.25) is 9.59 Å². The average molecular weight is 483 g/mol. The molecule has 2 saturated heterocycles. The predicted octanol–water partition coefficient (Wildman–Crippen LogP) is 4.73. The van der Waals surface area contributed by atoms with E-state index in [4.69, 9.17) is 18.6 Å². The molecule has 3 fully saturated rings. The summed E-state index contributed by atoms with van der Waals surface area (Å²) in [6.45, 7) is 12.5. The van der Waals surface area contributed by atoms with E-state index in [-0.39, 0.29) is 36.0 Å². The highest BCUT2D eigenvalue weighted by Gasteiger charge is 2.79. The minimum atomic E-state index is -0.787. The lowest BCUT2D eigenvalue weighted by Crippen LogP contribution is -2.55. The van der Waals surface area contributed by atoms with Crippen molar-refractivity contribution in [3.63, 3.8) is 0 Å². The van der Waals surface area contributed by atoms with Gasteiger partial charge in [-0.25, -0.2) is 4.79 Å². The Kier molecular flexibility index (Phi) is 5.26. The van der Waals surface area contributed by atoms with Crippen LogP contribution in [-0.2, 0) is 28.6 Å². The highest BCUT2D eigenvalue weighted by molar-refractivity contribution is 5.96. The van der Waals surface area contributed by atoms with Gasteiger partial charge in [0.2, 0.25) is 0 Å². The van der Waals surface area contributed by atoms with Gasteiger partial charge in [-0.15, -0.1) is 0 Å². The number of carbonyl (C=O) groups excluding carboxylic acids is 3. The zero-order valence-corrected chi connectivity index (χ0v) is 21.1. The molecule has 1 aromatic heterocycles. The third kappa shape index (κ3) is 3.23. The standard InChI is InChI=1S/C28H34O7/c1-16-17(14-26(4)10-8-20(29)25(2,3)19(26)13-21(30)32-6)7-11-27(5)22(18-9-12-33-15-18)34-24(31)23-28(16,27)35-23/h8-10,12,15,17,19,22-23H,1,7,11,13-14H2,2-6H3/t17-,19+,22+,23-,26-,27+,28-/m1/s1. The van der Waals surface area contributed by atoms with E-state index in [1.54, 1.807) is 18.6 Å². The van der Waals surface area contributed by atoms with Gasteiger partial charge in [0.15, 0.2) is 11.9 Å². The predicted molar refractivity (Wildman–Crippen MR) is 126 cm³/mol. The van der Waals surface area contributed by atoms with Gasteiger partial charge >= 0.3 is 11.9 Å². The minimum Gasteiger partial charge on any atom is -0.472 e. The van der Waals surface area contributed by atoms with Crippen molar-refractivity contribution in [1.82, 2.24) is 0 Å². The number of methoxy groups -OCH3 is 1. The van der Waals surface area contributed by atoms with Crippen LogP contribution >= 0.6 is 0 Å². The Morgan fingerprint density at radius 1 is 1.20 bits per heavy atom. The maximum atomic E-state index is 12.8. The molecule has 4 aliphatic rings. The second kappa shape index (κ2) is 7.66. The molecule has 0 unspecified atom stereocenters. The first-order valence-electron chi connectivity index (χ1n) is 12.3. The fourth-order valence-corrected chi connectivity index (χ4v) is 7.34. The SMILES string of the molecule is C=C1[C@@H](C[C@@]2(C)C=CC(=O)C(C)(C)[C@@H]2CC(=O)OC)CC[C@@]2(C)[C@H](c3ccoc3)OC(=O)[C@H]3O[C@]132. The number of furan rings is 1. The van der Waals surface area contributed by atoms with E-state index < -0.39 is 34.1 Å². The van der Waals surface area contributed by atoms with Crippen molar-refractivity contribution in [3.8, 4) is 0 Å². The second-order valence-electron chi connectivity index (χ2n) is 11.7. The van der Waals surface area contributed by atoms with Gasteiger partial charge in [-0.2, -0.15) is 0 Å². The zero-order valence-electron chi connectivity index (χ0n) is 21.1. The lowest BCUT2D eigenvalue weighted by atomic mass is 9.51. The molecule has 2 aliphatic heterocycles. The summed E-state index contributed by atoms with van der Waals surface area (Å²) in [5.74, 6) is -0.850. The topological polar surface area (TPSA) is 95.3 Å². The number of epoxide rings is 1. The summed E-state index contributed by atoms with van der Waals surface area (Å²) in [5, 5.41) is 0. The largest absolute Gasteiger partial charge is 0.472 e. The molecule has 7 nitrogen and oxygen atoms in total. The summed E-state index contributed by atoms with van der Waals surface area (Å²) in [5.41, 5.74) is -0.672. The fraction of sp³-hybridized carbons (Fsp3) is 0.607. The van der Waals surface area contributed by atoms with Crippen molar-refractivity contribution >= 4 is 17.7 Å². The zero-order chi connectivity index (χ0) is 25.4. The number of hydrogen-bond acceptors (Lipinski definition) is 7. The van der Waals surface area contributed by atoms with Gasteiger partial charge < -0.3 is 18.6 Å². The summed E-state index contributed by atoms with van der Waals surface area (Å²) >= 11 is 0. The van der Waals surface area contributed by atoms with Crippen molar-refractivity contribution in [2.75, 3.05) is 7.11 Å². The summed E-state index contributed by atoms with van der Waals surface area (Å²) in [7, 11) is 1.37. The van der Waals surface area contributed by atoms with Crippen LogP contribution in [0.5, 0.6) is 0 Å². The van der Waals surface area contributed by atoms with Gasteiger partial charge in [-0.05, 0) is 54.2 Å². The van der Waals surface area contributed by atoms with Crippen LogP contribution in [0, 0.1) is 28.1 Å². The third-order valence-electron chi connectivity index (χ3n) is 9.52. The van der Waals surface area contributed by atoms with Crippen LogP contribution in [0.1, 0.15) is 65.0 Å². The maximum Gasteiger partial charge on any atom is 0.339 e. The van der Waals surface area contributed by atoms with Gasteiger partial charge in [0.25, 0.3) is 0 Å². The molecular formula is C28H34O7. The number of ketones is 1. The summed E-state index contributed by atoms with van der Waals surface area (Å²) in [4.78, 5) is 38.0. The molecule has 0 N–H and O–H groups in total. The number of esters is 2. The van der Waals surface area contributed by atoms with Crippen molar-refractivity contribution < 1.29 is 33.0 Å². The Hall–Kier alpha value is -2.67. The molecule has 3 heterocycles. The van der Waals surface area contributed by atoms with Crippen molar-refractivity contribution in [2.45, 2.75) is 71.2 Å². The normalized spacial score (nSPS) is 41.6. The second-order valence-corrected chi connectivity index (χ2v) is 11.7. The molecule has 2 aliphatic carbocycles. The van der Waals surface area contributed by atoms with Crippen LogP contribution < -0.4 is 0 Å². The lowest BCUT2D eigenvalue weighted by Gasteiger charge is -2.53. The fourth-order valence-electron chi connectivity index (χ4n) is 7.34. The number of rotatable bonds is 5. The number of ether oxygens (including phenoxy) is 3. The van der Waals surface area contributed by atoms with Crippen LogP contribution in [0.15, 0.2) is 47.3 Å². The van der Waals surface area contributed by atoms with Gasteiger partial charge in [0, 0.05) is 16.4 Å². The van der Waals surface area contributed by atoms with Crippen molar-refractivity contribution in [1.29, 1.82) is 0 Å². The van der Waals surface area contributed by atoms with Crippen molar-refractivity contribution in [2.24, 2.45) is 28.1 Å². The quantitative estimate of drug-likeness (QED) is 0.340. The molecule has 1 saturated carbocycles. The molecular weight excluding hydrogens is 448 g/mol. The molecule has 0 aromatic carbocycles.